The molecule has 3 aromatic rings. The fourth-order valence-corrected chi connectivity index (χ4v) is 3.55. The number of carbonyl (C=O) groups excluding carboxylic acids is 1. The predicted octanol–water partition coefficient (Wildman–Crippen LogP) is 4.13. The van der Waals surface area contributed by atoms with Gasteiger partial charge in [0, 0.05) is 38.4 Å². The normalized spacial score (nSPS) is 15.5. The topological polar surface area (TPSA) is 84.8 Å². The van der Waals surface area contributed by atoms with E-state index in [1.807, 2.05) is 51.1 Å². The lowest BCUT2D eigenvalue weighted by molar-refractivity contribution is 0.0139. The van der Waals surface area contributed by atoms with Crippen LogP contribution in [0.5, 0.6) is 0 Å². The number of nitrogens with two attached hydrogens (primary N) is 1. The Bertz CT molecular complexity index is 1050. The smallest absolute Gasteiger partial charge is 0.410 e. The average molecular weight is 409 g/mol. The largest absolute Gasteiger partial charge is 0.444 e. The molecule has 1 saturated heterocycles. The summed E-state index contributed by atoms with van der Waals surface area (Å²) in [6.07, 6.45) is -0.237. The van der Waals surface area contributed by atoms with E-state index in [9.17, 15) is 4.79 Å². The number of anilines is 1. The SMILES string of the molecule is CC(C)(C)OC(=O)N1CCN(Cc2ccc3oc(-c4ccccc4N)nc3c2)CC1. The van der Waals surface area contributed by atoms with Crippen LogP contribution in [0.3, 0.4) is 0 Å². The van der Waals surface area contributed by atoms with E-state index in [0.717, 1.165) is 41.9 Å². The molecule has 30 heavy (non-hydrogen) atoms. The molecule has 1 aliphatic rings. The van der Waals surface area contributed by atoms with Crippen molar-refractivity contribution < 1.29 is 13.9 Å². The lowest BCUT2D eigenvalue weighted by Gasteiger charge is -2.35. The monoisotopic (exact) mass is 408 g/mol. The van der Waals surface area contributed by atoms with Crippen molar-refractivity contribution in [3.05, 3.63) is 48.0 Å². The number of rotatable bonds is 3. The highest BCUT2D eigenvalue weighted by atomic mass is 16.6. The van der Waals surface area contributed by atoms with E-state index < -0.39 is 5.60 Å². The number of hydrogen-bond donors (Lipinski definition) is 1. The highest BCUT2D eigenvalue weighted by molar-refractivity contribution is 5.80. The number of amides is 1. The van der Waals surface area contributed by atoms with Crippen molar-refractivity contribution in [3.8, 4) is 11.5 Å². The molecule has 7 nitrogen and oxygen atoms in total. The molecule has 1 amide bonds. The molecule has 2 N–H and O–H groups in total. The minimum atomic E-state index is -0.468. The van der Waals surface area contributed by atoms with Crippen LogP contribution in [-0.2, 0) is 11.3 Å². The third-order valence-corrected chi connectivity index (χ3v) is 5.07. The van der Waals surface area contributed by atoms with Crippen LogP contribution >= 0.6 is 0 Å². The highest BCUT2D eigenvalue weighted by Gasteiger charge is 2.25. The number of piperazine rings is 1. The van der Waals surface area contributed by atoms with Gasteiger partial charge in [-0.2, -0.15) is 0 Å². The molecule has 0 bridgehead atoms. The van der Waals surface area contributed by atoms with Gasteiger partial charge in [-0.25, -0.2) is 9.78 Å². The first-order valence-electron chi connectivity index (χ1n) is 10.2. The first-order chi connectivity index (χ1) is 14.3. The van der Waals surface area contributed by atoms with Crippen LogP contribution in [0.15, 0.2) is 46.9 Å². The van der Waals surface area contributed by atoms with Gasteiger partial charge >= 0.3 is 6.09 Å². The third-order valence-electron chi connectivity index (χ3n) is 5.07. The molecule has 158 valence electrons. The van der Waals surface area contributed by atoms with E-state index in [-0.39, 0.29) is 6.09 Å². The van der Waals surface area contributed by atoms with E-state index in [0.29, 0.717) is 24.7 Å². The Labute approximate surface area is 176 Å². The molecule has 7 heteroatoms. The summed E-state index contributed by atoms with van der Waals surface area (Å²) in [7, 11) is 0. The van der Waals surface area contributed by atoms with Gasteiger partial charge in [0.05, 0.1) is 5.56 Å². The lowest BCUT2D eigenvalue weighted by Crippen LogP contribution is -2.49. The molecule has 0 unspecified atom stereocenters. The summed E-state index contributed by atoms with van der Waals surface area (Å²) in [6.45, 7) is 9.41. The van der Waals surface area contributed by atoms with Crippen molar-refractivity contribution in [1.29, 1.82) is 0 Å². The summed E-state index contributed by atoms with van der Waals surface area (Å²) in [4.78, 5) is 21.0. The number of nitrogens with zero attached hydrogens (tertiary/aromatic N) is 3. The van der Waals surface area contributed by atoms with Gasteiger partial charge in [-0.3, -0.25) is 4.90 Å². The zero-order chi connectivity index (χ0) is 21.3. The summed E-state index contributed by atoms with van der Waals surface area (Å²) in [5.41, 5.74) is 9.75. The number of oxazole rings is 1. The predicted molar refractivity (Wildman–Crippen MR) is 117 cm³/mol. The molecular weight excluding hydrogens is 380 g/mol. The molecule has 4 rings (SSSR count). The average Bonchev–Trinajstić information content (AvgIpc) is 3.10. The summed E-state index contributed by atoms with van der Waals surface area (Å²) in [5.74, 6) is 0.534. The quantitative estimate of drug-likeness (QED) is 0.656. The molecule has 0 saturated carbocycles. The molecule has 0 spiro atoms. The second-order valence-electron chi connectivity index (χ2n) is 8.65. The third kappa shape index (κ3) is 4.57. The van der Waals surface area contributed by atoms with E-state index in [1.165, 1.54) is 0 Å². The van der Waals surface area contributed by atoms with E-state index in [4.69, 9.17) is 14.9 Å². The minimum absolute atomic E-state index is 0.237. The van der Waals surface area contributed by atoms with Crippen LogP contribution in [0, 0.1) is 0 Å². The van der Waals surface area contributed by atoms with Gasteiger partial charge < -0.3 is 19.8 Å². The van der Waals surface area contributed by atoms with Crippen molar-refractivity contribution in [2.75, 3.05) is 31.9 Å². The van der Waals surface area contributed by atoms with Gasteiger partial charge in [-0.15, -0.1) is 0 Å². The van der Waals surface area contributed by atoms with Gasteiger partial charge in [-0.1, -0.05) is 18.2 Å². The van der Waals surface area contributed by atoms with Crippen LogP contribution in [0.25, 0.3) is 22.6 Å². The number of para-hydroxylation sites is 1. The van der Waals surface area contributed by atoms with Crippen LogP contribution in [0.2, 0.25) is 0 Å². The van der Waals surface area contributed by atoms with Gasteiger partial charge in [0.2, 0.25) is 5.89 Å². The molecule has 0 radical (unpaired) electrons. The minimum Gasteiger partial charge on any atom is -0.444 e. The standard InChI is InChI=1S/C23H28N4O3/c1-23(2,3)30-22(28)27-12-10-26(11-13-27)15-16-8-9-20-19(14-16)25-21(29-20)17-6-4-5-7-18(17)24/h4-9,14H,10-13,15,24H2,1-3H3. The molecule has 1 aliphatic heterocycles. The van der Waals surface area contributed by atoms with Gasteiger partial charge in [0.25, 0.3) is 0 Å². The van der Waals surface area contributed by atoms with Gasteiger partial charge in [-0.05, 0) is 50.6 Å². The molecule has 1 aromatic heterocycles. The summed E-state index contributed by atoms with van der Waals surface area (Å²) < 4.78 is 11.4. The van der Waals surface area contributed by atoms with Crippen molar-refractivity contribution in [2.45, 2.75) is 32.9 Å². The highest BCUT2D eigenvalue weighted by Crippen LogP contribution is 2.29. The van der Waals surface area contributed by atoms with E-state index in [2.05, 4.69) is 22.0 Å². The summed E-state index contributed by atoms with van der Waals surface area (Å²) >= 11 is 0. The van der Waals surface area contributed by atoms with Crippen LogP contribution in [0.4, 0.5) is 10.5 Å². The van der Waals surface area contributed by atoms with Crippen molar-refractivity contribution in [3.63, 3.8) is 0 Å². The Morgan fingerprint density at radius 1 is 1.13 bits per heavy atom. The van der Waals surface area contributed by atoms with Crippen LogP contribution in [-0.4, -0.2) is 52.7 Å². The number of benzene rings is 2. The lowest BCUT2D eigenvalue weighted by atomic mass is 10.1. The number of aromatic nitrogens is 1. The molecule has 0 atom stereocenters. The van der Waals surface area contributed by atoms with E-state index >= 15 is 0 Å². The fourth-order valence-electron chi connectivity index (χ4n) is 3.55. The molecular formula is C23H28N4O3. The van der Waals surface area contributed by atoms with Crippen molar-refractivity contribution >= 4 is 22.9 Å². The van der Waals surface area contributed by atoms with E-state index in [1.54, 1.807) is 4.90 Å². The maximum atomic E-state index is 12.2. The summed E-state index contributed by atoms with van der Waals surface area (Å²) in [6, 6.07) is 13.6. The van der Waals surface area contributed by atoms with Crippen LogP contribution in [0.1, 0.15) is 26.3 Å². The zero-order valence-electron chi connectivity index (χ0n) is 17.7. The fraction of sp³-hybridized carbons (Fsp3) is 0.391. The number of ether oxygens (including phenoxy) is 1. The number of hydrogen-bond acceptors (Lipinski definition) is 6. The summed E-state index contributed by atoms with van der Waals surface area (Å²) in [5, 5.41) is 0. The molecule has 2 heterocycles. The Hall–Kier alpha value is -3.06. The number of carbonyl (C=O) groups is 1. The second kappa shape index (κ2) is 7.99. The zero-order valence-corrected chi connectivity index (χ0v) is 17.7. The van der Waals surface area contributed by atoms with Crippen molar-refractivity contribution in [1.82, 2.24) is 14.8 Å². The number of nitrogen functional groups attached to an aromatic ring is 1. The maximum Gasteiger partial charge on any atom is 0.410 e. The Morgan fingerprint density at radius 2 is 1.87 bits per heavy atom. The molecule has 1 fully saturated rings. The van der Waals surface area contributed by atoms with Crippen molar-refractivity contribution in [2.24, 2.45) is 0 Å². The van der Waals surface area contributed by atoms with Gasteiger partial charge in [0.15, 0.2) is 5.58 Å². The van der Waals surface area contributed by atoms with Gasteiger partial charge in [0.1, 0.15) is 11.1 Å². The Balaban J connectivity index is 1.40. The first-order valence-corrected chi connectivity index (χ1v) is 10.2. The Morgan fingerprint density at radius 3 is 2.57 bits per heavy atom. The second-order valence-corrected chi connectivity index (χ2v) is 8.65. The maximum absolute atomic E-state index is 12.2. The number of fused-ring (bicyclic) bond motifs is 1. The van der Waals surface area contributed by atoms with Crippen LogP contribution < -0.4 is 5.73 Å². The molecule has 2 aromatic carbocycles. The first kappa shape index (κ1) is 20.2. The molecule has 0 aliphatic carbocycles. The Kier molecular flexibility index (Phi) is 5.39.